The number of methoxy groups -OCH3 is 2. The van der Waals surface area contributed by atoms with Gasteiger partial charge in [0.1, 0.15) is 0 Å². The molecule has 0 spiro atoms. The molecule has 162 valence electrons. The Labute approximate surface area is 181 Å². The zero-order valence-corrected chi connectivity index (χ0v) is 18.1. The maximum atomic E-state index is 13.4. The van der Waals surface area contributed by atoms with Gasteiger partial charge in [-0.05, 0) is 17.7 Å². The van der Waals surface area contributed by atoms with E-state index in [1.54, 1.807) is 25.4 Å². The van der Waals surface area contributed by atoms with Gasteiger partial charge in [-0.15, -0.1) is 0 Å². The molecule has 0 aliphatic carbocycles. The maximum absolute atomic E-state index is 13.4. The fourth-order valence-electron chi connectivity index (χ4n) is 4.08. The third-order valence-corrected chi connectivity index (χ3v) is 5.83. The summed E-state index contributed by atoms with van der Waals surface area (Å²) in [4.78, 5) is 30.3. The van der Waals surface area contributed by atoms with E-state index in [1.165, 1.54) is 24.4 Å². The summed E-state index contributed by atoms with van der Waals surface area (Å²) in [6.45, 7) is 3.78. The number of aromatic nitrogens is 1. The topological polar surface area (TPSA) is 64.0 Å². The number of amides is 1. The van der Waals surface area contributed by atoms with Crippen LogP contribution in [0.5, 0.6) is 11.5 Å². The minimum Gasteiger partial charge on any atom is -0.493 e. The Morgan fingerprint density at radius 3 is 2.16 bits per heavy atom. The predicted octanol–water partition coefficient (Wildman–Crippen LogP) is 2.51. The van der Waals surface area contributed by atoms with E-state index in [9.17, 15) is 9.59 Å². The Hall–Kier alpha value is -3.32. The van der Waals surface area contributed by atoms with Crippen LogP contribution in [0, 0.1) is 0 Å². The first kappa shape index (κ1) is 20.9. The Morgan fingerprint density at radius 1 is 0.935 bits per heavy atom. The molecule has 1 amide bonds. The van der Waals surface area contributed by atoms with E-state index in [0.717, 1.165) is 19.6 Å². The summed E-state index contributed by atoms with van der Waals surface area (Å²) in [5.41, 5.74) is 1.59. The summed E-state index contributed by atoms with van der Waals surface area (Å²) in [5.74, 6) is 0.878. The van der Waals surface area contributed by atoms with Gasteiger partial charge >= 0.3 is 0 Å². The molecule has 7 heteroatoms. The van der Waals surface area contributed by atoms with E-state index in [4.69, 9.17) is 9.47 Å². The first-order valence-electron chi connectivity index (χ1n) is 10.3. The summed E-state index contributed by atoms with van der Waals surface area (Å²) in [6, 6.07) is 13.7. The van der Waals surface area contributed by atoms with Crippen LogP contribution in [-0.4, -0.2) is 60.7 Å². The lowest BCUT2D eigenvalue weighted by Gasteiger charge is -2.35. The van der Waals surface area contributed by atoms with Crippen molar-refractivity contribution in [3.8, 4) is 11.5 Å². The number of carbonyl (C=O) groups excluding carboxylic acids is 1. The highest BCUT2D eigenvalue weighted by Crippen LogP contribution is 2.32. The van der Waals surface area contributed by atoms with Crippen molar-refractivity contribution in [3.63, 3.8) is 0 Å². The van der Waals surface area contributed by atoms with Gasteiger partial charge in [0.05, 0.1) is 25.2 Å². The normalized spacial score (nSPS) is 14.6. The minimum atomic E-state index is -0.180. The van der Waals surface area contributed by atoms with Crippen LogP contribution in [0.3, 0.4) is 0 Å². The molecule has 0 bridgehead atoms. The van der Waals surface area contributed by atoms with Crippen LogP contribution in [-0.2, 0) is 13.6 Å². The van der Waals surface area contributed by atoms with Gasteiger partial charge in [-0.25, -0.2) is 0 Å². The number of hydrogen-bond acceptors (Lipinski definition) is 5. The predicted molar refractivity (Wildman–Crippen MR) is 120 cm³/mol. The van der Waals surface area contributed by atoms with Crippen molar-refractivity contribution in [2.45, 2.75) is 6.54 Å². The van der Waals surface area contributed by atoms with E-state index in [0.29, 0.717) is 40.9 Å². The molecule has 3 aromatic rings. The van der Waals surface area contributed by atoms with Gasteiger partial charge in [-0.1, -0.05) is 30.3 Å². The van der Waals surface area contributed by atoms with Crippen molar-refractivity contribution >= 4 is 16.7 Å². The monoisotopic (exact) mass is 421 g/mol. The molecule has 0 radical (unpaired) electrons. The van der Waals surface area contributed by atoms with E-state index < -0.39 is 0 Å². The van der Waals surface area contributed by atoms with E-state index in [2.05, 4.69) is 17.0 Å². The molecule has 2 heterocycles. The van der Waals surface area contributed by atoms with Crippen LogP contribution in [0.25, 0.3) is 10.8 Å². The molecule has 4 rings (SSSR count). The number of hydrogen-bond donors (Lipinski definition) is 0. The third kappa shape index (κ3) is 4.14. The lowest BCUT2D eigenvalue weighted by molar-refractivity contribution is 0.0629. The number of aryl methyl sites for hydroxylation is 1. The van der Waals surface area contributed by atoms with E-state index in [1.807, 2.05) is 23.1 Å². The number of nitrogens with zero attached hydrogens (tertiary/aromatic N) is 3. The van der Waals surface area contributed by atoms with Crippen molar-refractivity contribution in [1.29, 1.82) is 0 Å². The van der Waals surface area contributed by atoms with Crippen LogP contribution in [0.1, 0.15) is 15.9 Å². The number of piperazine rings is 1. The van der Waals surface area contributed by atoms with Crippen LogP contribution >= 0.6 is 0 Å². The molecule has 0 atom stereocenters. The smallest absolute Gasteiger partial charge is 0.258 e. The van der Waals surface area contributed by atoms with Gasteiger partial charge in [-0.2, -0.15) is 0 Å². The van der Waals surface area contributed by atoms with Crippen LogP contribution in [0.15, 0.2) is 53.5 Å². The lowest BCUT2D eigenvalue weighted by atomic mass is 10.0. The fraction of sp³-hybridized carbons (Fsp3) is 0.333. The Morgan fingerprint density at radius 2 is 1.55 bits per heavy atom. The van der Waals surface area contributed by atoms with Crippen molar-refractivity contribution in [2.75, 3.05) is 40.4 Å². The molecular weight excluding hydrogens is 394 g/mol. The second kappa shape index (κ2) is 8.81. The summed E-state index contributed by atoms with van der Waals surface area (Å²) < 4.78 is 12.2. The molecule has 1 saturated heterocycles. The summed E-state index contributed by atoms with van der Waals surface area (Å²) >= 11 is 0. The van der Waals surface area contributed by atoms with Crippen LogP contribution < -0.4 is 15.0 Å². The number of fused-ring (bicyclic) bond motifs is 1. The fourth-order valence-corrected chi connectivity index (χ4v) is 4.08. The molecule has 1 fully saturated rings. The Kier molecular flexibility index (Phi) is 5.95. The molecule has 0 unspecified atom stereocenters. The minimum absolute atomic E-state index is 0.0767. The summed E-state index contributed by atoms with van der Waals surface area (Å²) in [7, 11) is 4.73. The first-order chi connectivity index (χ1) is 15.0. The van der Waals surface area contributed by atoms with Crippen molar-refractivity contribution in [1.82, 2.24) is 14.4 Å². The molecule has 0 saturated carbocycles. The molecular formula is C24H27N3O4. The average molecular weight is 421 g/mol. The average Bonchev–Trinajstić information content (AvgIpc) is 2.81. The lowest BCUT2D eigenvalue weighted by Crippen LogP contribution is -2.48. The summed E-state index contributed by atoms with van der Waals surface area (Å²) in [5, 5.41) is 1.02. The van der Waals surface area contributed by atoms with Crippen LogP contribution in [0.4, 0.5) is 0 Å². The molecule has 1 aromatic heterocycles. The highest BCUT2D eigenvalue weighted by molar-refractivity contribution is 6.07. The SMILES string of the molecule is COc1cc2c(C(=O)N3CCN(Cc4ccccc4)CC3)cn(C)c(=O)c2cc1OC. The Bertz CT molecular complexity index is 1150. The number of ether oxygens (including phenoxy) is 2. The van der Waals surface area contributed by atoms with Gasteiger partial charge in [0.25, 0.3) is 11.5 Å². The van der Waals surface area contributed by atoms with Crippen molar-refractivity contribution in [3.05, 3.63) is 70.1 Å². The largest absolute Gasteiger partial charge is 0.493 e. The zero-order valence-electron chi connectivity index (χ0n) is 18.1. The second-order valence-electron chi connectivity index (χ2n) is 7.77. The van der Waals surface area contributed by atoms with E-state index in [-0.39, 0.29) is 11.5 Å². The summed E-state index contributed by atoms with van der Waals surface area (Å²) in [6.07, 6.45) is 1.62. The third-order valence-electron chi connectivity index (χ3n) is 5.83. The highest BCUT2D eigenvalue weighted by atomic mass is 16.5. The Balaban J connectivity index is 1.59. The maximum Gasteiger partial charge on any atom is 0.258 e. The molecule has 1 aliphatic heterocycles. The number of carbonyl (C=O) groups is 1. The second-order valence-corrected chi connectivity index (χ2v) is 7.77. The van der Waals surface area contributed by atoms with Crippen molar-refractivity contribution in [2.24, 2.45) is 7.05 Å². The van der Waals surface area contributed by atoms with Gasteiger partial charge in [-0.3, -0.25) is 14.5 Å². The number of benzene rings is 2. The quantitative estimate of drug-likeness (QED) is 0.634. The molecule has 31 heavy (non-hydrogen) atoms. The van der Waals surface area contributed by atoms with Crippen molar-refractivity contribution < 1.29 is 14.3 Å². The number of rotatable bonds is 5. The highest BCUT2D eigenvalue weighted by Gasteiger charge is 2.25. The van der Waals surface area contributed by atoms with E-state index >= 15 is 0 Å². The molecule has 1 aliphatic rings. The molecule has 0 N–H and O–H groups in total. The molecule has 7 nitrogen and oxygen atoms in total. The van der Waals surface area contributed by atoms with Crippen LogP contribution in [0.2, 0.25) is 0 Å². The van der Waals surface area contributed by atoms with Gasteiger partial charge in [0.2, 0.25) is 0 Å². The van der Waals surface area contributed by atoms with Gasteiger partial charge in [0.15, 0.2) is 11.5 Å². The molecule has 2 aromatic carbocycles. The van der Waals surface area contributed by atoms with Gasteiger partial charge < -0.3 is 18.9 Å². The number of pyridine rings is 1. The zero-order chi connectivity index (χ0) is 22.0. The standard InChI is InChI=1S/C24H27N3O4/c1-25-16-20(18-13-21(30-2)22(31-3)14-19(18)23(25)28)24(29)27-11-9-26(10-12-27)15-17-7-5-4-6-8-17/h4-8,13-14,16H,9-12,15H2,1-3H3. The first-order valence-corrected chi connectivity index (χ1v) is 10.3. The van der Waals surface area contributed by atoms with Gasteiger partial charge in [0, 0.05) is 51.4 Å².